The quantitative estimate of drug-likeness (QED) is 0.580. The van der Waals surface area contributed by atoms with Crippen LogP contribution in [-0.4, -0.2) is 29.3 Å². The van der Waals surface area contributed by atoms with Crippen molar-refractivity contribution in [3.8, 4) is 5.75 Å². The van der Waals surface area contributed by atoms with Crippen molar-refractivity contribution in [1.82, 2.24) is 4.90 Å². The summed E-state index contributed by atoms with van der Waals surface area (Å²) in [5, 5.41) is 11.2. The van der Waals surface area contributed by atoms with E-state index in [4.69, 9.17) is 20.8 Å². The van der Waals surface area contributed by atoms with Gasteiger partial charge in [0.05, 0.1) is 12.8 Å². The average Bonchev–Trinajstić information content (AvgIpc) is 3.16. The number of aliphatic hydroxyl groups is 1. The first-order chi connectivity index (χ1) is 13.1. The molecule has 2 aromatic carbocycles. The second-order valence-corrected chi connectivity index (χ2v) is 7.04. The Balaban J connectivity index is 1.61. The van der Waals surface area contributed by atoms with Crippen LogP contribution in [0.1, 0.15) is 16.9 Å². The molecule has 0 amide bonds. The topological polar surface area (TPSA) is 45.8 Å². The number of rotatable bonds is 9. The van der Waals surface area contributed by atoms with Crippen molar-refractivity contribution in [2.45, 2.75) is 26.1 Å². The number of halogens is 1. The van der Waals surface area contributed by atoms with E-state index in [0.29, 0.717) is 24.7 Å². The Kier molecular flexibility index (Phi) is 6.93. The molecule has 0 aliphatic heterocycles. The van der Waals surface area contributed by atoms with Gasteiger partial charge >= 0.3 is 0 Å². The van der Waals surface area contributed by atoms with Gasteiger partial charge in [0.15, 0.2) is 0 Å². The van der Waals surface area contributed by atoms with Gasteiger partial charge in [-0.25, -0.2) is 0 Å². The minimum atomic E-state index is -0.619. The minimum absolute atomic E-state index is 0.236. The summed E-state index contributed by atoms with van der Waals surface area (Å²) >= 11 is 5.97. The predicted octanol–water partition coefficient (Wildman–Crippen LogP) is 4.68. The lowest BCUT2D eigenvalue weighted by molar-refractivity contribution is 0.0602. The maximum Gasteiger partial charge on any atom is 0.122 e. The number of aliphatic hydroxyl groups excluding tert-OH is 1. The largest absolute Gasteiger partial charge is 0.491 e. The number of nitrogens with zero attached hydrogens (tertiary/aromatic N) is 1. The molecule has 0 fully saturated rings. The molecule has 0 saturated heterocycles. The standard InChI is InChI=1S/C22H24ClNO3/c1-17-5-2-3-7-22(17)27-16-20(25)14-24(15-21-6-4-12-26-21)13-18-8-10-19(23)11-9-18/h2-12,20,25H,13-16H2,1H3. The molecule has 1 N–H and O–H groups in total. The maximum atomic E-state index is 10.5. The maximum absolute atomic E-state index is 10.5. The van der Waals surface area contributed by atoms with Crippen LogP contribution in [0.15, 0.2) is 71.3 Å². The number of ether oxygens (including phenoxy) is 1. The Hall–Kier alpha value is -2.27. The highest BCUT2D eigenvalue weighted by Gasteiger charge is 2.15. The highest BCUT2D eigenvalue weighted by atomic mass is 35.5. The number of hydrogen-bond donors (Lipinski definition) is 1. The van der Waals surface area contributed by atoms with E-state index in [1.165, 1.54) is 0 Å². The summed E-state index contributed by atoms with van der Waals surface area (Å²) in [5.74, 6) is 1.66. The molecule has 0 radical (unpaired) electrons. The average molecular weight is 386 g/mol. The fraction of sp³-hybridized carbons (Fsp3) is 0.273. The van der Waals surface area contributed by atoms with E-state index in [1.807, 2.05) is 67.6 Å². The monoisotopic (exact) mass is 385 g/mol. The smallest absolute Gasteiger partial charge is 0.122 e. The Bertz CT molecular complexity index is 818. The normalized spacial score (nSPS) is 12.3. The van der Waals surface area contributed by atoms with Gasteiger partial charge < -0.3 is 14.3 Å². The lowest BCUT2D eigenvalue weighted by Gasteiger charge is -2.24. The molecule has 0 aliphatic rings. The van der Waals surface area contributed by atoms with Crippen molar-refractivity contribution in [1.29, 1.82) is 0 Å². The van der Waals surface area contributed by atoms with Crippen LogP contribution < -0.4 is 4.74 Å². The van der Waals surface area contributed by atoms with Crippen LogP contribution in [-0.2, 0) is 13.1 Å². The molecule has 0 saturated carbocycles. The summed E-state index contributed by atoms with van der Waals surface area (Å²) in [6.07, 6.45) is 1.04. The van der Waals surface area contributed by atoms with Crippen molar-refractivity contribution in [2.24, 2.45) is 0 Å². The number of benzene rings is 2. The van der Waals surface area contributed by atoms with Crippen LogP contribution in [0.2, 0.25) is 5.02 Å². The zero-order valence-electron chi connectivity index (χ0n) is 15.3. The van der Waals surface area contributed by atoms with Crippen LogP contribution in [0.4, 0.5) is 0 Å². The molecular formula is C22H24ClNO3. The fourth-order valence-electron chi connectivity index (χ4n) is 2.91. The van der Waals surface area contributed by atoms with E-state index in [0.717, 1.165) is 22.6 Å². The first-order valence-electron chi connectivity index (χ1n) is 8.96. The first kappa shape index (κ1) is 19.5. The second kappa shape index (κ2) is 9.60. The molecule has 142 valence electrons. The Morgan fingerprint density at radius 2 is 1.81 bits per heavy atom. The second-order valence-electron chi connectivity index (χ2n) is 6.61. The molecule has 1 atom stereocenters. The summed E-state index contributed by atoms with van der Waals surface area (Å²) in [5.41, 5.74) is 2.18. The number of para-hydroxylation sites is 1. The van der Waals surface area contributed by atoms with Crippen molar-refractivity contribution in [3.05, 3.63) is 88.8 Å². The van der Waals surface area contributed by atoms with Crippen molar-refractivity contribution < 1.29 is 14.3 Å². The molecule has 0 spiro atoms. The first-order valence-corrected chi connectivity index (χ1v) is 9.33. The molecule has 3 rings (SSSR count). The van der Waals surface area contributed by atoms with Gasteiger partial charge in [0.25, 0.3) is 0 Å². The number of furan rings is 1. The van der Waals surface area contributed by atoms with E-state index in [1.54, 1.807) is 6.26 Å². The van der Waals surface area contributed by atoms with E-state index >= 15 is 0 Å². The molecule has 0 bridgehead atoms. The van der Waals surface area contributed by atoms with Crippen LogP contribution >= 0.6 is 11.6 Å². The third-order valence-corrected chi connectivity index (χ3v) is 4.52. The van der Waals surface area contributed by atoms with Gasteiger partial charge in [-0.05, 0) is 48.4 Å². The fourth-order valence-corrected chi connectivity index (χ4v) is 3.04. The molecule has 1 aromatic heterocycles. The predicted molar refractivity (Wildman–Crippen MR) is 107 cm³/mol. The molecule has 1 heterocycles. The molecule has 3 aromatic rings. The molecule has 5 heteroatoms. The van der Waals surface area contributed by atoms with Crippen LogP contribution in [0.25, 0.3) is 0 Å². The van der Waals surface area contributed by atoms with Gasteiger partial charge in [0.1, 0.15) is 24.2 Å². The highest BCUT2D eigenvalue weighted by molar-refractivity contribution is 6.30. The lowest BCUT2D eigenvalue weighted by Crippen LogP contribution is -2.35. The zero-order chi connectivity index (χ0) is 19.1. The third kappa shape index (κ3) is 6.14. The molecule has 27 heavy (non-hydrogen) atoms. The van der Waals surface area contributed by atoms with E-state index in [2.05, 4.69) is 4.90 Å². The minimum Gasteiger partial charge on any atom is -0.491 e. The Morgan fingerprint density at radius 3 is 2.52 bits per heavy atom. The van der Waals surface area contributed by atoms with Gasteiger partial charge in [-0.1, -0.05) is 41.9 Å². The van der Waals surface area contributed by atoms with Crippen molar-refractivity contribution >= 4 is 11.6 Å². The summed E-state index contributed by atoms with van der Waals surface area (Å²) in [7, 11) is 0. The van der Waals surface area contributed by atoms with Crippen LogP contribution in [0.5, 0.6) is 5.75 Å². The summed E-state index contributed by atoms with van der Waals surface area (Å²) in [6, 6.07) is 19.3. The highest BCUT2D eigenvalue weighted by Crippen LogP contribution is 2.17. The van der Waals surface area contributed by atoms with Gasteiger partial charge in [0.2, 0.25) is 0 Å². The van der Waals surface area contributed by atoms with E-state index < -0.39 is 6.10 Å². The van der Waals surface area contributed by atoms with Crippen molar-refractivity contribution in [2.75, 3.05) is 13.2 Å². The number of aryl methyl sites for hydroxylation is 1. The van der Waals surface area contributed by atoms with Crippen molar-refractivity contribution in [3.63, 3.8) is 0 Å². The van der Waals surface area contributed by atoms with Gasteiger partial charge in [-0.2, -0.15) is 0 Å². The van der Waals surface area contributed by atoms with Gasteiger partial charge in [-0.3, -0.25) is 4.90 Å². The zero-order valence-corrected chi connectivity index (χ0v) is 16.1. The number of hydrogen-bond acceptors (Lipinski definition) is 4. The van der Waals surface area contributed by atoms with Gasteiger partial charge in [0, 0.05) is 18.1 Å². The summed E-state index contributed by atoms with van der Waals surface area (Å²) < 4.78 is 11.3. The Morgan fingerprint density at radius 1 is 1.04 bits per heavy atom. The van der Waals surface area contributed by atoms with E-state index in [9.17, 15) is 5.11 Å². The summed E-state index contributed by atoms with van der Waals surface area (Å²) in [6.45, 7) is 3.98. The van der Waals surface area contributed by atoms with Crippen LogP contribution in [0.3, 0.4) is 0 Å². The molecule has 1 unspecified atom stereocenters. The summed E-state index contributed by atoms with van der Waals surface area (Å²) in [4.78, 5) is 2.13. The molecule has 0 aliphatic carbocycles. The van der Waals surface area contributed by atoms with E-state index in [-0.39, 0.29) is 6.61 Å². The van der Waals surface area contributed by atoms with Gasteiger partial charge in [-0.15, -0.1) is 0 Å². The Labute approximate surface area is 165 Å². The third-order valence-electron chi connectivity index (χ3n) is 4.27. The molecule has 4 nitrogen and oxygen atoms in total. The molecular weight excluding hydrogens is 362 g/mol. The lowest BCUT2D eigenvalue weighted by atomic mass is 10.2. The van der Waals surface area contributed by atoms with Crippen LogP contribution in [0, 0.1) is 6.92 Å². The SMILES string of the molecule is Cc1ccccc1OCC(O)CN(Cc1ccc(Cl)cc1)Cc1ccco1.